The SMILES string of the molecule is C[C@]1(C(=O)OCc2ccc([N+](=O)[O-])cc2)CCCNC1=O. The second-order valence-electron chi connectivity index (χ2n) is 5.19. The molecule has 1 saturated heterocycles. The molecule has 2 rings (SSSR count). The quantitative estimate of drug-likeness (QED) is 0.393. The molecule has 21 heavy (non-hydrogen) atoms. The number of nitro benzene ring substituents is 1. The van der Waals surface area contributed by atoms with Crippen molar-refractivity contribution in [1.82, 2.24) is 5.32 Å². The Morgan fingerprint density at radius 2 is 2.10 bits per heavy atom. The molecular weight excluding hydrogens is 276 g/mol. The Morgan fingerprint density at radius 1 is 1.43 bits per heavy atom. The van der Waals surface area contributed by atoms with E-state index in [1.807, 2.05) is 0 Å². The van der Waals surface area contributed by atoms with E-state index in [0.29, 0.717) is 18.5 Å². The van der Waals surface area contributed by atoms with Gasteiger partial charge in [0, 0.05) is 18.7 Å². The minimum absolute atomic E-state index is 0.0142. The summed E-state index contributed by atoms with van der Waals surface area (Å²) in [6.07, 6.45) is 1.19. The third-order valence-corrected chi connectivity index (χ3v) is 3.61. The molecule has 1 N–H and O–H groups in total. The molecule has 1 heterocycles. The number of nitrogens with zero attached hydrogens (tertiary/aromatic N) is 1. The Labute approximate surface area is 121 Å². The number of nitro groups is 1. The molecule has 1 aliphatic rings. The molecule has 1 fully saturated rings. The van der Waals surface area contributed by atoms with Crippen LogP contribution in [0.4, 0.5) is 5.69 Å². The number of hydrogen-bond donors (Lipinski definition) is 1. The highest BCUT2D eigenvalue weighted by molar-refractivity contribution is 6.02. The van der Waals surface area contributed by atoms with Crippen molar-refractivity contribution in [2.45, 2.75) is 26.4 Å². The maximum Gasteiger partial charge on any atom is 0.321 e. The maximum atomic E-state index is 12.1. The van der Waals surface area contributed by atoms with Crippen LogP contribution in [-0.2, 0) is 20.9 Å². The fourth-order valence-electron chi connectivity index (χ4n) is 2.17. The maximum absolute atomic E-state index is 12.1. The number of esters is 1. The molecule has 0 aromatic heterocycles. The first-order valence-corrected chi connectivity index (χ1v) is 6.62. The molecule has 7 heteroatoms. The molecule has 0 saturated carbocycles. The Bertz CT molecular complexity index is 569. The second-order valence-corrected chi connectivity index (χ2v) is 5.19. The van der Waals surface area contributed by atoms with Gasteiger partial charge in [-0.25, -0.2) is 0 Å². The van der Waals surface area contributed by atoms with Gasteiger partial charge in [-0.2, -0.15) is 0 Å². The molecule has 1 aliphatic heterocycles. The van der Waals surface area contributed by atoms with Gasteiger partial charge in [-0.1, -0.05) is 0 Å². The van der Waals surface area contributed by atoms with Gasteiger partial charge in [-0.15, -0.1) is 0 Å². The third-order valence-electron chi connectivity index (χ3n) is 3.61. The summed E-state index contributed by atoms with van der Waals surface area (Å²) in [5, 5.41) is 13.2. The smallest absolute Gasteiger partial charge is 0.321 e. The van der Waals surface area contributed by atoms with Gasteiger partial charge in [0.1, 0.15) is 12.0 Å². The number of rotatable bonds is 4. The van der Waals surface area contributed by atoms with E-state index < -0.39 is 16.3 Å². The van der Waals surface area contributed by atoms with E-state index in [0.717, 1.165) is 6.42 Å². The number of piperidine rings is 1. The lowest BCUT2D eigenvalue weighted by Crippen LogP contribution is -2.49. The van der Waals surface area contributed by atoms with Crippen molar-refractivity contribution in [3.63, 3.8) is 0 Å². The van der Waals surface area contributed by atoms with Gasteiger partial charge in [-0.05, 0) is 37.5 Å². The molecule has 7 nitrogen and oxygen atoms in total. The predicted molar refractivity (Wildman–Crippen MR) is 73.2 cm³/mol. The minimum Gasteiger partial charge on any atom is -0.460 e. The summed E-state index contributed by atoms with van der Waals surface area (Å²) in [6, 6.07) is 5.74. The Balaban J connectivity index is 1.97. The first-order valence-electron chi connectivity index (χ1n) is 6.62. The van der Waals surface area contributed by atoms with Crippen LogP contribution in [0.15, 0.2) is 24.3 Å². The van der Waals surface area contributed by atoms with Crippen molar-refractivity contribution in [2.24, 2.45) is 5.41 Å². The zero-order chi connectivity index (χ0) is 15.5. The van der Waals surface area contributed by atoms with Crippen molar-refractivity contribution in [1.29, 1.82) is 0 Å². The number of non-ortho nitro benzene ring substituents is 1. The molecule has 0 radical (unpaired) electrons. The van der Waals surface area contributed by atoms with E-state index in [9.17, 15) is 19.7 Å². The third kappa shape index (κ3) is 3.18. The summed E-state index contributed by atoms with van der Waals surface area (Å²) in [6.45, 7) is 2.13. The molecule has 0 aliphatic carbocycles. The van der Waals surface area contributed by atoms with Crippen LogP contribution in [-0.4, -0.2) is 23.3 Å². The standard InChI is InChI=1S/C14H16N2O5/c1-14(7-2-8-15-12(14)17)13(18)21-9-10-3-5-11(6-4-10)16(19)20/h3-6H,2,7-9H2,1H3,(H,15,17)/t14-/m0/s1. The van der Waals surface area contributed by atoms with E-state index in [1.165, 1.54) is 24.3 Å². The van der Waals surface area contributed by atoms with Crippen LogP contribution in [0, 0.1) is 15.5 Å². The highest BCUT2D eigenvalue weighted by atomic mass is 16.6. The van der Waals surface area contributed by atoms with Gasteiger partial charge in [0.05, 0.1) is 4.92 Å². The monoisotopic (exact) mass is 292 g/mol. The van der Waals surface area contributed by atoms with Gasteiger partial charge >= 0.3 is 5.97 Å². The average molecular weight is 292 g/mol. The topological polar surface area (TPSA) is 98.5 Å². The highest BCUT2D eigenvalue weighted by Crippen LogP contribution is 2.28. The average Bonchev–Trinajstić information content (AvgIpc) is 2.48. The fraction of sp³-hybridized carbons (Fsp3) is 0.429. The molecule has 1 aromatic rings. The van der Waals surface area contributed by atoms with Crippen LogP contribution in [0.1, 0.15) is 25.3 Å². The summed E-state index contributed by atoms with van der Waals surface area (Å²) in [4.78, 5) is 33.9. The number of carbonyl (C=O) groups excluding carboxylic acids is 2. The van der Waals surface area contributed by atoms with Crippen molar-refractivity contribution in [2.75, 3.05) is 6.54 Å². The lowest BCUT2D eigenvalue weighted by molar-refractivity contribution is -0.384. The molecule has 112 valence electrons. The second kappa shape index (κ2) is 5.90. The van der Waals surface area contributed by atoms with Crippen LogP contribution in [0.2, 0.25) is 0 Å². The van der Waals surface area contributed by atoms with Crippen LogP contribution < -0.4 is 5.32 Å². The number of carbonyl (C=O) groups is 2. The summed E-state index contributed by atoms with van der Waals surface area (Å²) in [5.41, 5.74) is -0.545. The Morgan fingerprint density at radius 3 is 2.67 bits per heavy atom. The number of amides is 1. The minimum atomic E-state index is -1.15. The van der Waals surface area contributed by atoms with E-state index in [2.05, 4.69) is 5.32 Å². The summed E-state index contributed by atoms with van der Waals surface area (Å²) in [7, 11) is 0. The van der Waals surface area contributed by atoms with Crippen molar-refractivity contribution < 1.29 is 19.2 Å². The Kier molecular flexibility index (Phi) is 4.21. The molecule has 1 amide bonds. The van der Waals surface area contributed by atoms with E-state index in [-0.39, 0.29) is 18.2 Å². The summed E-state index contributed by atoms with van der Waals surface area (Å²) < 4.78 is 5.17. The van der Waals surface area contributed by atoms with Crippen molar-refractivity contribution in [3.05, 3.63) is 39.9 Å². The van der Waals surface area contributed by atoms with E-state index in [1.54, 1.807) is 6.92 Å². The Hall–Kier alpha value is -2.44. The highest BCUT2D eigenvalue weighted by Gasteiger charge is 2.44. The van der Waals surface area contributed by atoms with Crippen LogP contribution >= 0.6 is 0 Å². The lowest BCUT2D eigenvalue weighted by atomic mass is 9.82. The van der Waals surface area contributed by atoms with E-state index in [4.69, 9.17) is 4.74 Å². The molecule has 0 spiro atoms. The van der Waals surface area contributed by atoms with Gasteiger partial charge in [-0.3, -0.25) is 19.7 Å². The van der Waals surface area contributed by atoms with Gasteiger partial charge < -0.3 is 10.1 Å². The van der Waals surface area contributed by atoms with Crippen molar-refractivity contribution in [3.8, 4) is 0 Å². The summed E-state index contributed by atoms with van der Waals surface area (Å²) >= 11 is 0. The predicted octanol–water partition coefficient (Wildman–Crippen LogP) is 1.55. The van der Waals surface area contributed by atoms with Crippen LogP contribution in [0.3, 0.4) is 0 Å². The molecule has 0 unspecified atom stereocenters. The fourth-order valence-corrected chi connectivity index (χ4v) is 2.17. The first-order chi connectivity index (χ1) is 9.93. The van der Waals surface area contributed by atoms with Gasteiger partial charge in [0.15, 0.2) is 0 Å². The van der Waals surface area contributed by atoms with Gasteiger partial charge in [0.25, 0.3) is 5.69 Å². The number of ether oxygens (including phenoxy) is 1. The van der Waals surface area contributed by atoms with E-state index >= 15 is 0 Å². The molecular formula is C14H16N2O5. The van der Waals surface area contributed by atoms with Crippen LogP contribution in [0.25, 0.3) is 0 Å². The summed E-state index contributed by atoms with van der Waals surface area (Å²) in [5.74, 6) is -0.888. The number of hydrogen-bond acceptors (Lipinski definition) is 5. The van der Waals surface area contributed by atoms with Gasteiger partial charge in [0.2, 0.25) is 5.91 Å². The molecule has 1 atom stereocenters. The first kappa shape index (κ1) is 15.0. The lowest BCUT2D eigenvalue weighted by Gasteiger charge is -2.30. The normalized spacial score (nSPS) is 21.5. The van der Waals surface area contributed by atoms with Crippen LogP contribution in [0.5, 0.6) is 0 Å². The zero-order valence-electron chi connectivity index (χ0n) is 11.6. The van der Waals surface area contributed by atoms with Crippen molar-refractivity contribution >= 4 is 17.6 Å². The molecule has 0 bridgehead atoms. The largest absolute Gasteiger partial charge is 0.460 e. The number of benzene rings is 1. The zero-order valence-corrected chi connectivity index (χ0v) is 11.6. The molecule has 1 aromatic carbocycles. The number of nitrogens with one attached hydrogen (secondary N) is 1.